The third-order valence-electron chi connectivity index (χ3n) is 3.51. The van der Waals surface area contributed by atoms with Gasteiger partial charge in [0.05, 0.1) is 0 Å². The fourth-order valence-corrected chi connectivity index (χ4v) is 2.58. The minimum atomic E-state index is -1.01. The summed E-state index contributed by atoms with van der Waals surface area (Å²) >= 11 is 0. The van der Waals surface area contributed by atoms with Crippen LogP contribution in [-0.2, 0) is 12.8 Å². The van der Waals surface area contributed by atoms with Gasteiger partial charge in [-0.2, -0.15) is 0 Å². The van der Waals surface area contributed by atoms with E-state index < -0.39 is 5.97 Å². The molecule has 1 N–H and O–H groups in total. The van der Waals surface area contributed by atoms with Crippen molar-refractivity contribution in [1.29, 1.82) is 0 Å². The van der Waals surface area contributed by atoms with Crippen molar-refractivity contribution in [3.05, 3.63) is 52.9 Å². The molecule has 4 heteroatoms. The van der Waals surface area contributed by atoms with Gasteiger partial charge in [0, 0.05) is 12.0 Å². The number of fused-ring (bicyclic) bond motifs is 1. The predicted molar refractivity (Wildman–Crippen MR) is 64.7 cm³/mol. The molecule has 0 spiro atoms. The molecule has 1 aromatic carbocycles. The molecule has 1 heterocycles. The number of carboxylic acid groups (broad SMARTS) is 1. The second-order valence-corrected chi connectivity index (χ2v) is 4.59. The Labute approximate surface area is 104 Å². The number of hydrogen-bond acceptors (Lipinski definition) is 3. The summed E-state index contributed by atoms with van der Waals surface area (Å²) in [6.07, 6.45) is 2.44. The maximum Gasteiger partial charge on any atom is 0.358 e. The molecule has 0 bridgehead atoms. The molecule has 1 unspecified atom stereocenters. The maximum atomic E-state index is 11.1. The molecule has 0 aliphatic heterocycles. The molecule has 18 heavy (non-hydrogen) atoms. The maximum absolute atomic E-state index is 11.1. The van der Waals surface area contributed by atoms with Crippen molar-refractivity contribution in [1.82, 2.24) is 5.16 Å². The van der Waals surface area contributed by atoms with E-state index in [1.165, 1.54) is 5.56 Å². The van der Waals surface area contributed by atoms with Crippen LogP contribution < -0.4 is 0 Å². The third-order valence-corrected chi connectivity index (χ3v) is 3.51. The van der Waals surface area contributed by atoms with Crippen molar-refractivity contribution >= 4 is 5.97 Å². The van der Waals surface area contributed by atoms with Crippen LogP contribution in [0, 0.1) is 0 Å². The number of aromatic carboxylic acids is 1. The van der Waals surface area contributed by atoms with Crippen molar-refractivity contribution in [2.75, 3.05) is 0 Å². The Bertz CT molecular complexity index is 574. The smallest absolute Gasteiger partial charge is 0.358 e. The highest BCUT2D eigenvalue weighted by Gasteiger charge is 2.29. The largest absolute Gasteiger partial charge is 0.476 e. The van der Waals surface area contributed by atoms with Gasteiger partial charge in [0.1, 0.15) is 5.76 Å². The topological polar surface area (TPSA) is 63.3 Å². The van der Waals surface area contributed by atoms with Gasteiger partial charge >= 0.3 is 5.97 Å². The molecule has 1 aliphatic carbocycles. The number of benzene rings is 1. The van der Waals surface area contributed by atoms with Crippen LogP contribution in [0.25, 0.3) is 0 Å². The first kappa shape index (κ1) is 11.0. The number of aryl methyl sites for hydroxylation is 1. The van der Waals surface area contributed by atoms with E-state index in [0.717, 1.165) is 24.2 Å². The number of nitrogens with zero attached hydrogens (tertiary/aromatic N) is 1. The zero-order valence-electron chi connectivity index (χ0n) is 9.80. The van der Waals surface area contributed by atoms with Crippen LogP contribution in [-0.4, -0.2) is 16.2 Å². The van der Waals surface area contributed by atoms with Gasteiger partial charge in [-0.05, 0) is 24.3 Å². The van der Waals surface area contributed by atoms with E-state index in [-0.39, 0.29) is 5.69 Å². The Kier molecular flexibility index (Phi) is 2.63. The van der Waals surface area contributed by atoms with Crippen molar-refractivity contribution in [2.24, 2.45) is 0 Å². The van der Waals surface area contributed by atoms with Gasteiger partial charge in [-0.15, -0.1) is 0 Å². The van der Waals surface area contributed by atoms with Crippen molar-refractivity contribution < 1.29 is 14.4 Å². The average molecular weight is 243 g/mol. The fourth-order valence-electron chi connectivity index (χ4n) is 2.58. The molecule has 4 nitrogen and oxygen atoms in total. The number of hydrogen-bond donors (Lipinski definition) is 1. The summed E-state index contributed by atoms with van der Waals surface area (Å²) in [6.45, 7) is 0. The Balaban J connectivity index is 1.93. The second-order valence-electron chi connectivity index (χ2n) is 4.59. The average Bonchev–Trinajstić information content (AvgIpc) is 2.82. The van der Waals surface area contributed by atoms with E-state index in [9.17, 15) is 4.79 Å². The molecular formula is C14H13NO3. The van der Waals surface area contributed by atoms with Crippen LogP contribution >= 0.6 is 0 Å². The summed E-state index contributed by atoms with van der Waals surface area (Å²) in [5.41, 5.74) is 2.09. The van der Waals surface area contributed by atoms with E-state index >= 15 is 0 Å². The number of carbonyl (C=O) groups is 1. The van der Waals surface area contributed by atoms with Gasteiger partial charge in [0.15, 0.2) is 5.69 Å². The Morgan fingerprint density at radius 3 is 2.83 bits per heavy atom. The zero-order chi connectivity index (χ0) is 12.5. The second kappa shape index (κ2) is 4.29. The van der Waals surface area contributed by atoms with Gasteiger partial charge in [-0.25, -0.2) is 4.79 Å². The Morgan fingerprint density at radius 2 is 2.11 bits per heavy atom. The lowest BCUT2D eigenvalue weighted by Crippen LogP contribution is -2.14. The minimum Gasteiger partial charge on any atom is -0.476 e. The van der Waals surface area contributed by atoms with Crippen LogP contribution in [0.15, 0.2) is 34.9 Å². The van der Waals surface area contributed by atoms with Gasteiger partial charge in [0.25, 0.3) is 0 Å². The molecule has 0 amide bonds. The Hall–Kier alpha value is -2.10. The van der Waals surface area contributed by atoms with E-state index in [4.69, 9.17) is 9.63 Å². The molecule has 1 aromatic heterocycles. The Morgan fingerprint density at radius 1 is 1.33 bits per heavy atom. The summed E-state index contributed by atoms with van der Waals surface area (Å²) < 4.78 is 5.10. The van der Waals surface area contributed by atoms with Gasteiger partial charge in [0.2, 0.25) is 0 Å². The van der Waals surface area contributed by atoms with Gasteiger partial charge < -0.3 is 9.63 Å². The molecule has 1 aliphatic rings. The molecule has 0 fully saturated rings. The molecule has 0 saturated heterocycles. The summed E-state index contributed by atoms with van der Waals surface area (Å²) in [5.74, 6) is 0.0875. The highest BCUT2D eigenvalue weighted by atomic mass is 16.5. The lowest BCUT2D eigenvalue weighted by Gasteiger charge is -2.21. The van der Waals surface area contributed by atoms with Crippen LogP contribution in [0.4, 0.5) is 0 Å². The quantitative estimate of drug-likeness (QED) is 0.880. The first-order valence-electron chi connectivity index (χ1n) is 6.01. The first-order chi connectivity index (χ1) is 8.75. The molecule has 0 radical (unpaired) electrons. The van der Waals surface area contributed by atoms with Crippen LogP contribution in [0.1, 0.15) is 39.7 Å². The lowest BCUT2D eigenvalue weighted by atomic mass is 9.82. The van der Waals surface area contributed by atoms with Crippen LogP contribution in [0.5, 0.6) is 0 Å². The standard InChI is InChI=1S/C14H13NO3/c16-14(17)13-11-8-10(6-7-12(11)18-15-13)9-4-2-1-3-5-9/h1-5,10H,6-8H2,(H,16,17). The normalized spacial score (nSPS) is 18.3. The minimum absolute atomic E-state index is 0.0747. The van der Waals surface area contributed by atoms with Gasteiger partial charge in [-0.1, -0.05) is 35.5 Å². The third kappa shape index (κ3) is 1.79. The molecule has 1 atom stereocenters. The molecule has 92 valence electrons. The number of rotatable bonds is 2. The highest BCUT2D eigenvalue weighted by molar-refractivity contribution is 5.87. The molecule has 2 aromatic rings. The molecule has 3 rings (SSSR count). The van der Waals surface area contributed by atoms with E-state index in [1.54, 1.807) is 0 Å². The predicted octanol–water partition coefficient (Wildman–Crippen LogP) is 2.65. The SMILES string of the molecule is O=C(O)c1noc2c1CC(c1ccccc1)CC2. The monoisotopic (exact) mass is 243 g/mol. The zero-order valence-corrected chi connectivity index (χ0v) is 9.80. The number of carboxylic acids is 1. The summed E-state index contributed by atoms with van der Waals surface area (Å²) in [5, 5.41) is 12.7. The van der Waals surface area contributed by atoms with E-state index in [0.29, 0.717) is 12.3 Å². The van der Waals surface area contributed by atoms with Gasteiger partial charge in [-0.3, -0.25) is 0 Å². The molecule has 0 saturated carbocycles. The van der Waals surface area contributed by atoms with E-state index in [2.05, 4.69) is 17.3 Å². The van der Waals surface area contributed by atoms with Crippen LogP contribution in [0.2, 0.25) is 0 Å². The molecular weight excluding hydrogens is 230 g/mol. The van der Waals surface area contributed by atoms with Crippen molar-refractivity contribution in [3.63, 3.8) is 0 Å². The van der Waals surface area contributed by atoms with Crippen molar-refractivity contribution in [2.45, 2.75) is 25.2 Å². The summed E-state index contributed by atoms with van der Waals surface area (Å²) in [4.78, 5) is 11.1. The highest BCUT2D eigenvalue weighted by Crippen LogP contribution is 2.34. The van der Waals surface area contributed by atoms with Crippen LogP contribution in [0.3, 0.4) is 0 Å². The summed E-state index contributed by atoms with van der Waals surface area (Å²) in [6, 6.07) is 10.2. The first-order valence-corrected chi connectivity index (χ1v) is 6.01. The summed E-state index contributed by atoms with van der Waals surface area (Å²) in [7, 11) is 0. The number of aromatic nitrogens is 1. The lowest BCUT2D eigenvalue weighted by molar-refractivity contribution is 0.0684. The van der Waals surface area contributed by atoms with E-state index in [1.807, 2.05) is 18.2 Å². The fraction of sp³-hybridized carbons (Fsp3) is 0.286. The van der Waals surface area contributed by atoms with Crippen molar-refractivity contribution in [3.8, 4) is 0 Å².